The third kappa shape index (κ3) is 2.66. The van der Waals surface area contributed by atoms with Crippen LogP contribution in [0.1, 0.15) is 6.92 Å². The van der Waals surface area contributed by atoms with Gasteiger partial charge in [-0.1, -0.05) is 12.1 Å². The van der Waals surface area contributed by atoms with Crippen molar-refractivity contribution in [3.05, 3.63) is 36.5 Å². The van der Waals surface area contributed by atoms with E-state index in [1.165, 1.54) is 0 Å². The molecule has 108 valence electrons. The fourth-order valence-corrected chi connectivity index (χ4v) is 2.26. The lowest BCUT2D eigenvalue weighted by atomic mass is 10.1. The van der Waals surface area contributed by atoms with Crippen LogP contribution in [0.3, 0.4) is 0 Å². The van der Waals surface area contributed by atoms with Crippen LogP contribution < -0.4 is 11.1 Å². The molecule has 1 atom stereocenters. The molecule has 3 aromatic rings. The number of nitrogens with one attached hydrogen (secondary N) is 2. The minimum Gasteiger partial charge on any atom is -0.394 e. The van der Waals surface area contributed by atoms with Crippen LogP contribution in [0.25, 0.3) is 22.2 Å². The number of nitrogens with two attached hydrogens (primary N) is 1. The number of fused-ring (bicyclic) bond motifs is 1. The van der Waals surface area contributed by atoms with E-state index >= 15 is 0 Å². The van der Waals surface area contributed by atoms with Crippen LogP contribution in [0.4, 0.5) is 11.5 Å². The van der Waals surface area contributed by atoms with Crippen molar-refractivity contribution in [2.24, 2.45) is 0 Å². The number of H-pyrrole nitrogens is 1. The lowest BCUT2D eigenvalue weighted by molar-refractivity contribution is 0.281. The van der Waals surface area contributed by atoms with E-state index in [-0.39, 0.29) is 12.6 Å². The van der Waals surface area contributed by atoms with Crippen LogP contribution in [0.15, 0.2) is 36.5 Å². The van der Waals surface area contributed by atoms with Crippen LogP contribution in [-0.4, -0.2) is 32.9 Å². The largest absolute Gasteiger partial charge is 0.394 e. The standard InChI is InChI=1S/C15H17N5O/c1-9(8-21)18-14-7-15(16)19-13-6-10(2-3-11(13)14)12-4-5-17-20-12/h2-7,9,21H,8H2,1H3,(H,17,20)(H3,16,18,19)/t9-/m0/s1. The zero-order valence-electron chi connectivity index (χ0n) is 11.7. The van der Waals surface area contributed by atoms with Gasteiger partial charge in [0, 0.05) is 34.9 Å². The summed E-state index contributed by atoms with van der Waals surface area (Å²) < 4.78 is 0. The summed E-state index contributed by atoms with van der Waals surface area (Å²) in [5, 5.41) is 20.3. The van der Waals surface area contributed by atoms with Crippen molar-refractivity contribution in [2.45, 2.75) is 13.0 Å². The summed E-state index contributed by atoms with van der Waals surface area (Å²) in [5.41, 5.74) is 9.48. The number of hydrogen-bond acceptors (Lipinski definition) is 5. The molecule has 6 nitrogen and oxygen atoms in total. The first kappa shape index (κ1) is 13.4. The summed E-state index contributed by atoms with van der Waals surface area (Å²) >= 11 is 0. The number of aromatic nitrogens is 3. The van der Waals surface area contributed by atoms with E-state index in [4.69, 9.17) is 5.73 Å². The van der Waals surface area contributed by atoms with E-state index in [1.54, 1.807) is 12.3 Å². The molecule has 6 heteroatoms. The number of rotatable bonds is 4. The molecule has 1 aromatic carbocycles. The maximum Gasteiger partial charge on any atom is 0.126 e. The molecule has 0 amide bonds. The predicted octanol–water partition coefficient (Wildman–Crippen LogP) is 2.00. The topological polar surface area (TPSA) is 99.8 Å². The maximum atomic E-state index is 9.19. The monoisotopic (exact) mass is 283 g/mol. The van der Waals surface area contributed by atoms with Crippen molar-refractivity contribution in [3.63, 3.8) is 0 Å². The smallest absolute Gasteiger partial charge is 0.126 e. The second-order valence-corrected chi connectivity index (χ2v) is 5.02. The Morgan fingerprint density at radius 1 is 1.33 bits per heavy atom. The molecule has 0 radical (unpaired) electrons. The van der Waals surface area contributed by atoms with Crippen molar-refractivity contribution >= 4 is 22.4 Å². The third-order valence-electron chi connectivity index (χ3n) is 3.32. The molecule has 2 aromatic heterocycles. The number of nitrogens with zero attached hydrogens (tertiary/aromatic N) is 2. The minimum atomic E-state index is -0.0534. The van der Waals surface area contributed by atoms with E-state index in [0.29, 0.717) is 5.82 Å². The molecular formula is C15H17N5O. The van der Waals surface area contributed by atoms with Gasteiger partial charge in [-0.15, -0.1) is 0 Å². The molecule has 2 heterocycles. The highest BCUT2D eigenvalue weighted by molar-refractivity contribution is 5.95. The second kappa shape index (κ2) is 5.41. The van der Waals surface area contributed by atoms with Gasteiger partial charge in [-0.05, 0) is 19.1 Å². The van der Waals surface area contributed by atoms with Gasteiger partial charge in [0.1, 0.15) is 5.82 Å². The zero-order chi connectivity index (χ0) is 14.8. The number of aromatic amines is 1. The molecule has 0 fully saturated rings. The highest BCUT2D eigenvalue weighted by Gasteiger charge is 2.09. The molecule has 5 N–H and O–H groups in total. The summed E-state index contributed by atoms with van der Waals surface area (Å²) in [4.78, 5) is 4.38. The van der Waals surface area contributed by atoms with Gasteiger partial charge in [-0.3, -0.25) is 5.10 Å². The Morgan fingerprint density at radius 2 is 2.19 bits per heavy atom. The van der Waals surface area contributed by atoms with Crippen LogP contribution >= 0.6 is 0 Å². The fourth-order valence-electron chi connectivity index (χ4n) is 2.26. The van der Waals surface area contributed by atoms with Crippen molar-refractivity contribution in [3.8, 4) is 11.3 Å². The summed E-state index contributed by atoms with van der Waals surface area (Å²) in [7, 11) is 0. The zero-order valence-corrected chi connectivity index (χ0v) is 11.7. The number of aliphatic hydroxyl groups is 1. The van der Waals surface area contributed by atoms with E-state index in [1.807, 2.05) is 31.2 Å². The molecule has 21 heavy (non-hydrogen) atoms. The van der Waals surface area contributed by atoms with Gasteiger partial charge in [0.2, 0.25) is 0 Å². The van der Waals surface area contributed by atoms with Gasteiger partial charge in [-0.25, -0.2) is 4.98 Å². The Hall–Kier alpha value is -2.60. The molecule has 0 spiro atoms. The Labute approximate surface area is 122 Å². The van der Waals surface area contributed by atoms with Crippen molar-refractivity contribution in [1.29, 1.82) is 0 Å². The summed E-state index contributed by atoms with van der Waals surface area (Å²) in [6.45, 7) is 1.96. The average molecular weight is 283 g/mol. The quantitative estimate of drug-likeness (QED) is 0.587. The molecule has 0 aliphatic carbocycles. The number of anilines is 2. The van der Waals surface area contributed by atoms with Crippen molar-refractivity contribution < 1.29 is 5.11 Å². The Balaban J connectivity index is 2.10. The van der Waals surface area contributed by atoms with Crippen molar-refractivity contribution in [2.75, 3.05) is 17.7 Å². The Bertz CT molecular complexity index is 754. The molecule has 0 saturated carbocycles. The minimum absolute atomic E-state index is 0.0515. The number of hydrogen-bond donors (Lipinski definition) is 4. The SMILES string of the molecule is C[C@@H](CO)Nc1cc(N)nc2cc(-c3ccn[nH]3)ccc12. The molecule has 0 saturated heterocycles. The summed E-state index contributed by atoms with van der Waals surface area (Å²) in [6.07, 6.45) is 1.71. The van der Waals surface area contributed by atoms with Gasteiger partial charge < -0.3 is 16.2 Å². The van der Waals surface area contributed by atoms with Crippen LogP contribution in [-0.2, 0) is 0 Å². The lowest BCUT2D eigenvalue weighted by Gasteiger charge is -2.15. The molecule has 0 bridgehead atoms. The third-order valence-corrected chi connectivity index (χ3v) is 3.32. The van der Waals surface area contributed by atoms with Gasteiger partial charge in [0.25, 0.3) is 0 Å². The number of nitrogen functional groups attached to an aromatic ring is 1. The lowest BCUT2D eigenvalue weighted by Crippen LogP contribution is -2.19. The van der Waals surface area contributed by atoms with E-state index in [2.05, 4.69) is 20.5 Å². The molecular weight excluding hydrogens is 266 g/mol. The first-order chi connectivity index (χ1) is 10.2. The first-order valence-corrected chi connectivity index (χ1v) is 6.75. The summed E-state index contributed by atoms with van der Waals surface area (Å²) in [5.74, 6) is 0.442. The van der Waals surface area contributed by atoms with Crippen LogP contribution in [0.5, 0.6) is 0 Å². The highest BCUT2D eigenvalue weighted by atomic mass is 16.3. The first-order valence-electron chi connectivity index (χ1n) is 6.75. The molecule has 0 aliphatic heterocycles. The van der Waals surface area contributed by atoms with E-state index in [0.717, 1.165) is 27.8 Å². The van der Waals surface area contributed by atoms with Gasteiger partial charge >= 0.3 is 0 Å². The highest BCUT2D eigenvalue weighted by Crippen LogP contribution is 2.28. The van der Waals surface area contributed by atoms with Gasteiger partial charge in [0.15, 0.2) is 0 Å². The number of pyridine rings is 1. The predicted molar refractivity (Wildman–Crippen MR) is 83.9 cm³/mol. The molecule has 0 unspecified atom stereocenters. The normalized spacial score (nSPS) is 12.5. The van der Waals surface area contributed by atoms with Gasteiger partial charge in [0.05, 0.1) is 17.8 Å². The van der Waals surface area contributed by atoms with E-state index in [9.17, 15) is 5.11 Å². The molecule has 0 aliphatic rings. The number of benzene rings is 1. The number of aliphatic hydroxyl groups excluding tert-OH is 1. The Morgan fingerprint density at radius 3 is 2.90 bits per heavy atom. The molecule has 3 rings (SSSR count). The van der Waals surface area contributed by atoms with Gasteiger partial charge in [-0.2, -0.15) is 5.10 Å². The second-order valence-electron chi connectivity index (χ2n) is 5.02. The van der Waals surface area contributed by atoms with Crippen LogP contribution in [0.2, 0.25) is 0 Å². The maximum absolute atomic E-state index is 9.19. The Kier molecular flexibility index (Phi) is 3.45. The van der Waals surface area contributed by atoms with Crippen molar-refractivity contribution in [1.82, 2.24) is 15.2 Å². The van der Waals surface area contributed by atoms with Crippen LogP contribution in [0, 0.1) is 0 Å². The fraction of sp³-hybridized carbons (Fsp3) is 0.200. The summed E-state index contributed by atoms with van der Waals surface area (Å²) in [6, 6.07) is 9.59. The van der Waals surface area contributed by atoms with E-state index < -0.39 is 0 Å². The average Bonchev–Trinajstić information content (AvgIpc) is 3.00.